The van der Waals surface area contributed by atoms with Crippen molar-refractivity contribution in [3.05, 3.63) is 17.8 Å². The second-order valence-electron chi connectivity index (χ2n) is 4.22. The quantitative estimate of drug-likeness (QED) is 0.694. The normalized spacial score (nSPS) is 11.9. The van der Waals surface area contributed by atoms with Crippen LogP contribution >= 0.6 is 0 Å². The molecule has 0 aliphatic carbocycles. The molecule has 0 radical (unpaired) electrons. The van der Waals surface area contributed by atoms with Gasteiger partial charge >= 0.3 is 12.0 Å². The van der Waals surface area contributed by atoms with E-state index >= 15 is 0 Å². The molecule has 3 N–H and O–H groups in total. The molecular weight excluding hydrogens is 250 g/mol. The van der Waals surface area contributed by atoms with Crippen LogP contribution in [0.15, 0.2) is 10.6 Å². The van der Waals surface area contributed by atoms with Crippen LogP contribution in [-0.4, -0.2) is 28.1 Å². The molecule has 19 heavy (non-hydrogen) atoms. The highest BCUT2D eigenvalue weighted by molar-refractivity contribution is 5.82. The lowest BCUT2D eigenvalue weighted by Gasteiger charge is -2.14. The minimum atomic E-state index is -1.03. The molecule has 7 heteroatoms. The fourth-order valence-corrected chi connectivity index (χ4v) is 1.51. The van der Waals surface area contributed by atoms with Gasteiger partial charge in [-0.1, -0.05) is 19.8 Å². The Balaban J connectivity index is 2.37. The summed E-state index contributed by atoms with van der Waals surface area (Å²) in [6, 6.07) is -1.41. The Kier molecular flexibility index (Phi) is 5.84. The number of carboxylic acids is 1. The van der Waals surface area contributed by atoms with Crippen molar-refractivity contribution in [2.45, 2.75) is 45.7 Å². The summed E-state index contributed by atoms with van der Waals surface area (Å²) >= 11 is 0. The summed E-state index contributed by atoms with van der Waals surface area (Å²) in [5.74, 6) is 0.00668. The zero-order chi connectivity index (χ0) is 14.3. The molecule has 1 heterocycles. The van der Waals surface area contributed by atoms with Crippen LogP contribution < -0.4 is 10.6 Å². The van der Waals surface area contributed by atoms with E-state index in [0.717, 1.165) is 12.8 Å². The number of hydrogen-bond acceptors (Lipinski definition) is 4. The van der Waals surface area contributed by atoms with Gasteiger partial charge in [0.1, 0.15) is 11.8 Å². The highest BCUT2D eigenvalue weighted by Crippen LogP contribution is 2.02. The molecule has 1 aromatic heterocycles. The third-order valence-electron chi connectivity index (χ3n) is 2.52. The van der Waals surface area contributed by atoms with Crippen LogP contribution in [0.3, 0.4) is 0 Å². The molecule has 106 valence electrons. The number of nitrogens with zero attached hydrogens (tertiary/aromatic N) is 1. The van der Waals surface area contributed by atoms with Crippen LogP contribution in [0.5, 0.6) is 0 Å². The number of aromatic nitrogens is 1. The lowest BCUT2D eigenvalue weighted by Crippen LogP contribution is -2.45. The standard InChI is InChI=1S/C12H19N3O4/c1-3-4-5-9(11(16)17)15-12(18)14-7-10-13-6-8(2)19-10/h6,9H,3-5,7H2,1-2H3,(H,16,17)(H2,14,15,18)/t9-/m0/s1. The Hall–Kier alpha value is -2.05. The van der Waals surface area contributed by atoms with Crippen molar-refractivity contribution < 1.29 is 19.1 Å². The van der Waals surface area contributed by atoms with Crippen molar-refractivity contribution >= 4 is 12.0 Å². The molecule has 0 fully saturated rings. The van der Waals surface area contributed by atoms with Crippen molar-refractivity contribution in [3.63, 3.8) is 0 Å². The van der Waals surface area contributed by atoms with Gasteiger partial charge in [-0.15, -0.1) is 0 Å². The molecule has 0 unspecified atom stereocenters. The first-order valence-corrected chi connectivity index (χ1v) is 6.21. The molecule has 1 aromatic rings. The Labute approximate surface area is 111 Å². The maximum Gasteiger partial charge on any atom is 0.326 e. The highest BCUT2D eigenvalue weighted by atomic mass is 16.4. The number of nitrogens with one attached hydrogen (secondary N) is 2. The molecule has 0 aliphatic heterocycles. The number of hydrogen-bond donors (Lipinski definition) is 3. The van der Waals surface area contributed by atoms with E-state index in [1.54, 1.807) is 13.1 Å². The second-order valence-corrected chi connectivity index (χ2v) is 4.22. The average Bonchev–Trinajstić information content (AvgIpc) is 2.77. The van der Waals surface area contributed by atoms with Crippen molar-refractivity contribution in [2.75, 3.05) is 0 Å². The average molecular weight is 269 g/mol. The van der Waals surface area contributed by atoms with E-state index in [0.29, 0.717) is 18.1 Å². The first-order valence-electron chi connectivity index (χ1n) is 6.21. The molecule has 0 spiro atoms. The predicted molar refractivity (Wildman–Crippen MR) is 67.6 cm³/mol. The largest absolute Gasteiger partial charge is 0.480 e. The number of aliphatic carboxylic acids is 1. The molecule has 0 saturated heterocycles. The van der Waals surface area contributed by atoms with E-state index in [9.17, 15) is 9.59 Å². The molecule has 0 aromatic carbocycles. The lowest BCUT2D eigenvalue weighted by molar-refractivity contribution is -0.139. The highest BCUT2D eigenvalue weighted by Gasteiger charge is 2.19. The molecule has 2 amide bonds. The Morgan fingerprint density at radius 1 is 1.53 bits per heavy atom. The van der Waals surface area contributed by atoms with Crippen molar-refractivity contribution in [2.24, 2.45) is 0 Å². The molecule has 0 saturated carbocycles. The van der Waals surface area contributed by atoms with Gasteiger partial charge in [-0.3, -0.25) is 0 Å². The molecule has 0 bridgehead atoms. The zero-order valence-electron chi connectivity index (χ0n) is 11.1. The van der Waals surface area contributed by atoms with Gasteiger partial charge in [0.25, 0.3) is 0 Å². The molecular formula is C12H19N3O4. The summed E-state index contributed by atoms with van der Waals surface area (Å²) in [6.07, 6.45) is 3.59. The van der Waals surface area contributed by atoms with Crippen LogP contribution in [0.1, 0.15) is 37.8 Å². The van der Waals surface area contributed by atoms with Crippen LogP contribution in [0.2, 0.25) is 0 Å². The lowest BCUT2D eigenvalue weighted by atomic mass is 10.1. The summed E-state index contributed by atoms with van der Waals surface area (Å²) in [5.41, 5.74) is 0. The number of aryl methyl sites for hydroxylation is 1. The number of oxazole rings is 1. The van der Waals surface area contributed by atoms with Gasteiger partial charge in [0.2, 0.25) is 5.89 Å². The van der Waals surface area contributed by atoms with Gasteiger partial charge in [-0.2, -0.15) is 0 Å². The summed E-state index contributed by atoms with van der Waals surface area (Å²) in [7, 11) is 0. The molecule has 1 rings (SSSR count). The third-order valence-corrected chi connectivity index (χ3v) is 2.52. The van der Waals surface area contributed by atoms with E-state index in [2.05, 4.69) is 15.6 Å². The van der Waals surface area contributed by atoms with E-state index in [1.807, 2.05) is 6.92 Å². The van der Waals surface area contributed by atoms with E-state index in [4.69, 9.17) is 9.52 Å². The van der Waals surface area contributed by atoms with Crippen LogP contribution in [0, 0.1) is 6.92 Å². The smallest absolute Gasteiger partial charge is 0.326 e. The number of urea groups is 1. The fraction of sp³-hybridized carbons (Fsp3) is 0.583. The zero-order valence-corrected chi connectivity index (χ0v) is 11.1. The van der Waals surface area contributed by atoms with E-state index < -0.39 is 18.0 Å². The first-order chi connectivity index (χ1) is 9.02. The monoisotopic (exact) mass is 269 g/mol. The number of carbonyl (C=O) groups is 2. The van der Waals surface area contributed by atoms with Gasteiger partial charge in [0, 0.05) is 0 Å². The second kappa shape index (κ2) is 7.40. The van der Waals surface area contributed by atoms with Crippen molar-refractivity contribution in [1.82, 2.24) is 15.6 Å². The van der Waals surface area contributed by atoms with Gasteiger partial charge < -0.3 is 20.2 Å². The van der Waals surface area contributed by atoms with Gasteiger partial charge in [-0.05, 0) is 13.3 Å². The third kappa shape index (κ3) is 5.41. The minimum Gasteiger partial charge on any atom is -0.480 e. The predicted octanol–water partition coefficient (Wildman–Crippen LogP) is 1.43. The maximum atomic E-state index is 11.5. The number of amides is 2. The molecule has 0 aliphatic rings. The van der Waals surface area contributed by atoms with E-state index in [-0.39, 0.29) is 6.54 Å². The van der Waals surface area contributed by atoms with Crippen molar-refractivity contribution in [3.8, 4) is 0 Å². The molecule has 1 atom stereocenters. The number of rotatable bonds is 7. The number of carboxylic acid groups (broad SMARTS) is 1. The minimum absolute atomic E-state index is 0.125. The maximum absolute atomic E-state index is 11.5. The SMILES string of the molecule is CCCC[C@H](NC(=O)NCc1ncc(C)o1)C(=O)O. The van der Waals surface area contributed by atoms with Crippen LogP contribution in [-0.2, 0) is 11.3 Å². The van der Waals surface area contributed by atoms with E-state index in [1.165, 1.54) is 0 Å². The van der Waals surface area contributed by atoms with Gasteiger partial charge in [0.15, 0.2) is 0 Å². The summed E-state index contributed by atoms with van der Waals surface area (Å²) in [5, 5.41) is 13.9. The summed E-state index contributed by atoms with van der Waals surface area (Å²) in [4.78, 5) is 26.4. The molecule has 7 nitrogen and oxygen atoms in total. The number of unbranched alkanes of at least 4 members (excludes halogenated alkanes) is 1. The van der Waals surface area contributed by atoms with Crippen LogP contribution in [0.25, 0.3) is 0 Å². The number of carbonyl (C=O) groups excluding carboxylic acids is 1. The fourth-order valence-electron chi connectivity index (χ4n) is 1.51. The summed E-state index contributed by atoms with van der Waals surface area (Å²) < 4.78 is 5.18. The Morgan fingerprint density at radius 3 is 2.79 bits per heavy atom. The topological polar surface area (TPSA) is 104 Å². The van der Waals surface area contributed by atoms with Crippen LogP contribution in [0.4, 0.5) is 4.79 Å². The van der Waals surface area contributed by atoms with Crippen molar-refractivity contribution in [1.29, 1.82) is 0 Å². The Morgan fingerprint density at radius 2 is 2.26 bits per heavy atom. The Bertz CT molecular complexity index is 430. The van der Waals surface area contributed by atoms with Gasteiger partial charge in [-0.25, -0.2) is 14.6 Å². The van der Waals surface area contributed by atoms with Gasteiger partial charge in [0.05, 0.1) is 12.7 Å². The summed E-state index contributed by atoms with van der Waals surface area (Å²) in [6.45, 7) is 3.84. The first kappa shape index (κ1) is 15.0.